The van der Waals surface area contributed by atoms with E-state index in [2.05, 4.69) is 19.9 Å². The lowest BCUT2D eigenvalue weighted by atomic mass is 9.92. The van der Waals surface area contributed by atoms with E-state index in [0.29, 0.717) is 24.1 Å². The third kappa shape index (κ3) is 14.1. The Hall–Kier alpha value is -3.81. The van der Waals surface area contributed by atoms with Crippen molar-refractivity contribution >= 4 is 29.9 Å². The molecule has 2 aliphatic rings. The van der Waals surface area contributed by atoms with Gasteiger partial charge in [0.05, 0.1) is 19.0 Å². The van der Waals surface area contributed by atoms with Crippen molar-refractivity contribution in [2.45, 2.75) is 70.2 Å². The predicted molar refractivity (Wildman–Crippen MR) is 188 cm³/mol. The number of aromatic nitrogens is 2. The van der Waals surface area contributed by atoms with E-state index in [1.165, 1.54) is 5.56 Å². The van der Waals surface area contributed by atoms with Gasteiger partial charge in [0.2, 0.25) is 5.95 Å². The summed E-state index contributed by atoms with van der Waals surface area (Å²) in [5.41, 5.74) is 13.1. The van der Waals surface area contributed by atoms with Crippen molar-refractivity contribution in [2.75, 3.05) is 37.7 Å². The topological polar surface area (TPSA) is 143 Å². The van der Waals surface area contributed by atoms with E-state index >= 15 is 0 Å². The van der Waals surface area contributed by atoms with Crippen LogP contribution in [0.4, 0.5) is 19.5 Å². The zero-order valence-electron chi connectivity index (χ0n) is 28.1. The molecule has 2 aromatic carbocycles. The summed E-state index contributed by atoms with van der Waals surface area (Å²) in [5.74, 6) is 1.71. The first-order valence-corrected chi connectivity index (χ1v) is 17.2. The van der Waals surface area contributed by atoms with Crippen LogP contribution < -0.4 is 21.1 Å². The number of rotatable bonds is 8. The highest BCUT2D eigenvalue weighted by atomic mass is 32.2. The fourth-order valence-corrected chi connectivity index (χ4v) is 5.31. The lowest BCUT2D eigenvalue weighted by Crippen LogP contribution is -2.43. The molecular formula is C35H49F2N7O3S. The average Bonchev–Trinajstić information content (AvgIpc) is 3.09. The highest BCUT2D eigenvalue weighted by molar-refractivity contribution is 7.93. The molecule has 13 heteroatoms. The maximum Gasteiger partial charge on any atom is 0.345 e. The maximum absolute atomic E-state index is 12.2. The number of aliphatic imine (C=N–C) groups is 1. The number of nitrogens with two attached hydrogens (primary N) is 2. The number of piperidine rings is 2. The summed E-state index contributed by atoms with van der Waals surface area (Å²) in [6, 6.07) is 12.0. The molecule has 2 fully saturated rings. The van der Waals surface area contributed by atoms with Crippen molar-refractivity contribution in [3.05, 3.63) is 78.1 Å². The van der Waals surface area contributed by atoms with Gasteiger partial charge in [-0.05, 0) is 87.8 Å². The minimum atomic E-state index is -0.411. The third-order valence-electron chi connectivity index (χ3n) is 8.01. The van der Waals surface area contributed by atoms with E-state index in [9.17, 15) is 13.6 Å². The van der Waals surface area contributed by atoms with Crippen LogP contribution in [0.2, 0.25) is 0 Å². The molecule has 3 heterocycles. The average molecular weight is 686 g/mol. The van der Waals surface area contributed by atoms with Crippen molar-refractivity contribution in [1.29, 1.82) is 0 Å². The van der Waals surface area contributed by atoms with Crippen LogP contribution in [0.15, 0.2) is 70.8 Å². The number of carbonyl (C=O) groups excluding carboxylic acids is 1. The van der Waals surface area contributed by atoms with Crippen LogP contribution in [0.1, 0.15) is 57.9 Å². The Balaban J connectivity index is 0.000000296. The molecule has 1 aromatic heterocycles. The van der Waals surface area contributed by atoms with Crippen LogP contribution in [0, 0.1) is 30.4 Å². The van der Waals surface area contributed by atoms with Gasteiger partial charge in [0.1, 0.15) is 17.5 Å². The highest BCUT2D eigenvalue weighted by Gasteiger charge is 2.23. The summed E-state index contributed by atoms with van der Waals surface area (Å²) in [7, 11) is 0. The summed E-state index contributed by atoms with van der Waals surface area (Å²) < 4.78 is 38.2. The predicted octanol–water partition coefficient (Wildman–Crippen LogP) is 6.93. The molecule has 0 spiro atoms. The van der Waals surface area contributed by atoms with E-state index in [0.717, 1.165) is 112 Å². The number of hydrogen-bond donors (Lipinski definition) is 3. The van der Waals surface area contributed by atoms with E-state index < -0.39 is 11.6 Å². The van der Waals surface area contributed by atoms with Crippen LogP contribution >= 0.6 is 12.0 Å². The first kappa shape index (κ1) is 38.6. The molecule has 2 aliphatic heterocycles. The minimum absolute atomic E-state index is 0.0890. The molecule has 1 unspecified atom stereocenters. The monoisotopic (exact) mass is 685 g/mol. The number of nitrogens with zero attached hydrogens (tertiary/aromatic N) is 5. The van der Waals surface area contributed by atoms with Crippen LogP contribution in [-0.2, 0) is 0 Å². The molecule has 3 aromatic rings. The number of likely N-dealkylation sites (tertiary alicyclic amines) is 1. The number of aryl methyl sites for hydroxylation is 1. The first-order valence-electron chi connectivity index (χ1n) is 16.4. The van der Waals surface area contributed by atoms with Gasteiger partial charge in [-0.25, -0.2) is 23.5 Å². The fraction of sp³-hybridized carbons (Fsp3) is 0.486. The molecule has 0 bridgehead atoms. The van der Waals surface area contributed by atoms with Crippen LogP contribution in [0.3, 0.4) is 0 Å². The number of halogens is 2. The van der Waals surface area contributed by atoms with E-state index in [4.69, 9.17) is 20.8 Å². The lowest BCUT2D eigenvalue weighted by molar-refractivity contribution is 0.172. The second-order valence-electron chi connectivity index (χ2n) is 12.3. The normalized spacial score (nSPS) is 16.8. The largest absolute Gasteiger partial charge is 0.490 e. The molecule has 48 heavy (non-hydrogen) atoms. The smallest absolute Gasteiger partial charge is 0.345 e. The number of carbonyl (C=O) groups is 1. The summed E-state index contributed by atoms with van der Waals surface area (Å²) in [5, 5.41) is 0. The SMILES string of the molecule is CC(C)/C(N)=N/C(=O)N1CCC(CCCOc2cnc(N3CCCC(N)C3)nc2)CC1.Cc1ccc(SO)cc1.Fc1ccc(F)cc1. The Labute approximate surface area is 287 Å². The fourth-order valence-electron chi connectivity index (χ4n) is 5.05. The maximum atomic E-state index is 12.2. The molecule has 0 radical (unpaired) electrons. The minimum Gasteiger partial charge on any atom is -0.490 e. The van der Waals surface area contributed by atoms with Gasteiger partial charge in [-0.15, -0.1) is 0 Å². The van der Waals surface area contributed by atoms with Gasteiger partial charge in [-0.3, -0.25) is 0 Å². The molecule has 2 amide bonds. The van der Waals surface area contributed by atoms with Gasteiger partial charge in [-0.1, -0.05) is 31.5 Å². The molecule has 0 aliphatic carbocycles. The van der Waals surface area contributed by atoms with Gasteiger partial charge in [0.15, 0.2) is 5.75 Å². The van der Waals surface area contributed by atoms with Gasteiger partial charge in [0.25, 0.3) is 0 Å². The Morgan fingerprint density at radius 3 is 2.17 bits per heavy atom. The summed E-state index contributed by atoms with van der Waals surface area (Å²) in [6.45, 7) is 9.79. The third-order valence-corrected chi connectivity index (χ3v) is 8.49. The first-order chi connectivity index (χ1) is 23.0. The molecule has 2 saturated heterocycles. The highest BCUT2D eigenvalue weighted by Crippen LogP contribution is 2.23. The van der Waals surface area contributed by atoms with E-state index in [1.54, 1.807) is 17.3 Å². The van der Waals surface area contributed by atoms with Crippen LogP contribution in [0.25, 0.3) is 0 Å². The van der Waals surface area contributed by atoms with E-state index in [1.807, 2.05) is 45.0 Å². The van der Waals surface area contributed by atoms with Crippen molar-refractivity contribution in [3.63, 3.8) is 0 Å². The molecule has 0 saturated carbocycles. The Morgan fingerprint density at radius 1 is 1.02 bits per heavy atom. The number of anilines is 1. The molecule has 262 valence electrons. The van der Waals surface area contributed by atoms with Crippen molar-refractivity contribution in [2.24, 2.45) is 28.3 Å². The van der Waals surface area contributed by atoms with Crippen molar-refractivity contribution in [1.82, 2.24) is 14.9 Å². The Bertz CT molecular complexity index is 1370. The molecule has 5 rings (SSSR count). The van der Waals surface area contributed by atoms with E-state index in [-0.39, 0.29) is 18.0 Å². The second kappa shape index (κ2) is 20.5. The van der Waals surface area contributed by atoms with Crippen LogP contribution in [-0.4, -0.2) is 70.1 Å². The summed E-state index contributed by atoms with van der Waals surface area (Å²) >= 11 is 0.777. The van der Waals surface area contributed by atoms with Crippen molar-refractivity contribution < 1.29 is 22.9 Å². The molecule has 5 N–H and O–H groups in total. The number of amides is 2. The van der Waals surface area contributed by atoms with Gasteiger partial charge >= 0.3 is 6.03 Å². The zero-order chi connectivity index (χ0) is 34.9. The van der Waals surface area contributed by atoms with Gasteiger partial charge in [0, 0.05) is 55.1 Å². The van der Waals surface area contributed by atoms with Crippen LogP contribution in [0.5, 0.6) is 5.75 Å². The second-order valence-corrected chi connectivity index (χ2v) is 13.0. The Kier molecular flexibility index (Phi) is 16.5. The summed E-state index contributed by atoms with van der Waals surface area (Å²) in [4.78, 5) is 29.9. The number of ether oxygens (including phenoxy) is 1. The number of amidine groups is 1. The van der Waals surface area contributed by atoms with Crippen molar-refractivity contribution in [3.8, 4) is 5.75 Å². The quantitative estimate of drug-likeness (QED) is 0.0995. The standard InChI is InChI=1S/C22H37N7O2.C7H8OS.C6H4F2/c1-16(2)20(24)27-22(30)28-10-7-17(8-11-28)5-4-12-31-19-13-25-21(26-14-19)29-9-3-6-18(23)15-29;1-6-2-4-7(9-8)5-3-6;7-5-1-2-6(8)4-3-5/h13-14,16-18H,3-12,15,23H2,1-2H3,(H2,24,27,30);2-5,8H,1H3;1-4H. The Morgan fingerprint density at radius 2 is 1.62 bits per heavy atom. The molecule has 10 nitrogen and oxygen atoms in total. The lowest BCUT2D eigenvalue weighted by Gasteiger charge is -2.31. The summed E-state index contributed by atoms with van der Waals surface area (Å²) in [6.07, 6.45) is 9.69. The zero-order valence-corrected chi connectivity index (χ0v) is 28.9. The number of hydrogen-bond acceptors (Lipinski definition) is 8. The number of benzene rings is 2. The molecular weight excluding hydrogens is 636 g/mol. The van der Waals surface area contributed by atoms with Gasteiger partial charge in [-0.2, -0.15) is 4.99 Å². The molecule has 1 atom stereocenters. The number of urea groups is 1. The van der Waals surface area contributed by atoms with Gasteiger partial charge < -0.3 is 30.6 Å².